The highest BCUT2D eigenvalue weighted by Gasteiger charge is 2.51. The van der Waals surface area contributed by atoms with Crippen molar-refractivity contribution < 1.29 is 19.1 Å². The molecule has 1 N–H and O–H groups in total. The second kappa shape index (κ2) is 7.51. The van der Waals surface area contributed by atoms with Gasteiger partial charge in [0.2, 0.25) is 11.8 Å². The third-order valence-electron chi connectivity index (χ3n) is 3.90. The molecule has 0 bridgehead atoms. The Kier molecular flexibility index (Phi) is 6.29. The fourth-order valence-corrected chi connectivity index (χ4v) is 2.31. The van der Waals surface area contributed by atoms with Gasteiger partial charge in [-0.15, -0.1) is 0 Å². The van der Waals surface area contributed by atoms with E-state index in [2.05, 4.69) is 5.32 Å². The molecule has 0 aromatic heterocycles. The van der Waals surface area contributed by atoms with Crippen molar-refractivity contribution in [2.75, 3.05) is 40.4 Å². The Balaban J connectivity index is 2.62. The van der Waals surface area contributed by atoms with Gasteiger partial charge in [0, 0.05) is 6.54 Å². The highest BCUT2D eigenvalue weighted by Crippen LogP contribution is 2.32. The van der Waals surface area contributed by atoms with Crippen LogP contribution in [0, 0.1) is 5.41 Å². The molecule has 0 spiro atoms. The molecular weight excluding hydrogens is 274 g/mol. The van der Waals surface area contributed by atoms with Gasteiger partial charge in [-0.05, 0) is 26.9 Å². The van der Waals surface area contributed by atoms with E-state index in [0.29, 0.717) is 19.4 Å². The first-order chi connectivity index (χ1) is 9.89. The van der Waals surface area contributed by atoms with Gasteiger partial charge in [-0.3, -0.25) is 19.8 Å². The van der Waals surface area contributed by atoms with Crippen LogP contribution in [-0.4, -0.2) is 68.0 Å². The number of hydrogen-bond donors (Lipinski definition) is 1. The molecule has 1 saturated heterocycles. The number of likely N-dealkylation sites (N-methyl/N-ethyl adjacent to an activating group) is 1. The minimum absolute atomic E-state index is 0.160. The quantitative estimate of drug-likeness (QED) is 0.520. The Morgan fingerprint density at radius 2 is 1.76 bits per heavy atom. The molecule has 1 aliphatic rings. The van der Waals surface area contributed by atoms with Crippen molar-refractivity contribution in [1.82, 2.24) is 15.1 Å². The Bertz CT molecular complexity index is 405. The minimum atomic E-state index is -1.13. The number of amides is 4. The fraction of sp³-hybridized carbons (Fsp3) is 0.786. The monoisotopic (exact) mass is 299 g/mol. The molecule has 1 rings (SSSR count). The zero-order valence-corrected chi connectivity index (χ0v) is 13.3. The van der Waals surface area contributed by atoms with Gasteiger partial charge in [-0.1, -0.05) is 13.8 Å². The van der Waals surface area contributed by atoms with Crippen LogP contribution in [0.5, 0.6) is 0 Å². The highest BCUT2D eigenvalue weighted by atomic mass is 16.5. The van der Waals surface area contributed by atoms with Gasteiger partial charge in [-0.25, -0.2) is 4.79 Å². The van der Waals surface area contributed by atoms with E-state index in [-0.39, 0.29) is 13.2 Å². The lowest BCUT2D eigenvalue weighted by atomic mass is 9.78. The normalized spacial score (nSPS) is 18.3. The lowest BCUT2D eigenvalue weighted by molar-refractivity contribution is -0.152. The van der Waals surface area contributed by atoms with Gasteiger partial charge in [0.05, 0.1) is 19.8 Å². The largest absolute Gasteiger partial charge is 0.378 e. The number of nitrogens with zero attached hydrogens (tertiary/aromatic N) is 2. The molecule has 1 heterocycles. The maximum atomic E-state index is 12.5. The average Bonchev–Trinajstić information content (AvgIpc) is 2.42. The van der Waals surface area contributed by atoms with Crippen LogP contribution >= 0.6 is 0 Å². The molecule has 7 nitrogen and oxygen atoms in total. The van der Waals surface area contributed by atoms with Crippen molar-refractivity contribution in [2.24, 2.45) is 5.41 Å². The van der Waals surface area contributed by atoms with Gasteiger partial charge in [0.25, 0.3) is 0 Å². The van der Waals surface area contributed by atoms with Crippen LogP contribution in [0.2, 0.25) is 0 Å². The summed E-state index contributed by atoms with van der Waals surface area (Å²) in [5, 5.41) is 2.28. The average molecular weight is 299 g/mol. The summed E-state index contributed by atoms with van der Waals surface area (Å²) in [6.07, 6.45) is 0.749. The Labute approximate surface area is 125 Å². The number of nitrogens with one attached hydrogen (secondary N) is 1. The molecule has 7 heteroatoms. The molecule has 1 aliphatic heterocycles. The lowest BCUT2D eigenvalue weighted by Crippen LogP contribution is -2.64. The zero-order chi connectivity index (χ0) is 16.0. The first kappa shape index (κ1) is 17.6. The summed E-state index contributed by atoms with van der Waals surface area (Å²) >= 11 is 0. The van der Waals surface area contributed by atoms with E-state index >= 15 is 0 Å². The topological polar surface area (TPSA) is 79.0 Å². The highest BCUT2D eigenvalue weighted by molar-refractivity contribution is 6.19. The summed E-state index contributed by atoms with van der Waals surface area (Å²) in [5.74, 6) is -0.912. The smallest absolute Gasteiger partial charge is 0.330 e. The molecule has 0 aromatic carbocycles. The fourth-order valence-electron chi connectivity index (χ4n) is 2.31. The molecule has 0 aliphatic carbocycles. The zero-order valence-electron chi connectivity index (χ0n) is 13.3. The number of barbiturate groups is 1. The summed E-state index contributed by atoms with van der Waals surface area (Å²) in [7, 11) is 3.88. The summed E-state index contributed by atoms with van der Waals surface area (Å²) in [6, 6.07) is -0.654. The van der Waals surface area contributed by atoms with Crippen LogP contribution in [0.25, 0.3) is 0 Å². The SMILES string of the molecule is CCC1(CC)C(=O)NC(=O)N(CCOCCN(C)C)C1=O. The number of ether oxygens (including phenoxy) is 1. The standard InChI is InChI=1S/C14H25N3O4/c1-5-14(6-2)11(18)15-13(20)17(12(14)19)8-10-21-9-7-16(3)4/h5-10H2,1-4H3,(H,15,18,20). The second-order valence-corrected chi connectivity index (χ2v) is 5.42. The van der Waals surface area contributed by atoms with Crippen molar-refractivity contribution in [1.29, 1.82) is 0 Å². The summed E-state index contributed by atoms with van der Waals surface area (Å²) in [6.45, 7) is 5.29. The third-order valence-corrected chi connectivity index (χ3v) is 3.90. The molecule has 120 valence electrons. The third kappa shape index (κ3) is 3.79. The first-order valence-electron chi connectivity index (χ1n) is 7.29. The molecule has 0 radical (unpaired) electrons. The Morgan fingerprint density at radius 1 is 1.14 bits per heavy atom. The molecular formula is C14H25N3O4. The molecule has 0 atom stereocenters. The van der Waals surface area contributed by atoms with Crippen molar-refractivity contribution in [3.8, 4) is 0 Å². The van der Waals surface area contributed by atoms with E-state index in [4.69, 9.17) is 4.74 Å². The predicted molar refractivity (Wildman–Crippen MR) is 77.6 cm³/mol. The summed E-state index contributed by atoms with van der Waals surface area (Å²) in [5.41, 5.74) is -1.13. The molecule has 4 amide bonds. The van der Waals surface area contributed by atoms with Crippen molar-refractivity contribution in [3.05, 3.63) is 0 Å². The van der Waals surface area contributed by atoms with Crippen molar-refractivity contribution >= 4 is 17.8 Å². The van der Waals surface area contributed by atoms with Crippen LogP contribution in [-0.2, 0) is 14.3 Å². The second-order valence-electron chi connectivity index (χ2n) is 5.42. The number of urea groups is 1. The van der Waals surface area contributed by atoms with Gasteiger partial charge < -0.3 is 9.64 Å². The predicted octanol–water partition coefficient (Wildman–Crippen LogP) is 0.449. The van der Waals surface area contributed by atoms with Gasteiger partial charge >= 0.3 is 6.03 Å². The first-order valence-corrected chi connectivity index (χ1v) is 7.29. The number of rotatable bonds is 8. The summed E-state index contributed by atoms with van der Waals surface area (Å²) in [4.78, 5) is 39.3. The van der Waals surface area contributed by atoms with E-state index in [9.17, 15) is 14.4 Å². The van der Waals surface area contributed by atoms with Crippen LogP contribution < -0.4 is 5.32 Å². The van der Waals surface area contributed by atoms with Crippen molar-refractivity contribution in [2.45, 2.75) is 26.7 Å². The maximum absolute atomic E-state index is 12.5. The maximum Gasteiger partial charge on any atom is 0.330 e. The number of hydrogen-bond acceptors (Lipinski definition) is 5. The number of carbonyl (C=O) groups is 3. The van der Waals surface area contributed by atoms with E-state index in [1.54, 1.807) is 13.8 Å². The van der Waals surface area contributed by atoms with E-state index in [1.807, 2.05) is 19.0 Å². The molecule has 0 unspecified atom stereocenters. The number of carbonyl (C=O) groups excluding carboxylic acids is 3. The minimum Gasteiger partial charge on any atom is -0.378 e. The Morgan fingerprint density at radius 3 is 2.29 bits per heavy atom. The molecule has 0 saturated carbocycles. The van der Waals surface area contributed by atoms with Gasteiger partial charge in [0.1, 0.15) is 5.41 Å². The number of imide groups is 2. The van der Waals surface area contributed by atoms with E-state index in [0.717, 1.165) is 11.4 Å². The van der Waals surface area contributed by atoms with E-state index < -0.39 is 23.3 Å². The van der Waals surface area contributed by atoms with Crippen LogP contribution in [0.4, 0.5) is 4.79 Å². The van der Waals surface area contributed by atoms with Crippen LogP contribution in [0.3, 0.4) is 0 Å². The van der Waals surface area contributed by atoms with Crippen LogP contribution in [0.1, 0.15) is 26.7 Å². The summed E-state index contributed by atoms with van der Waals surface area (Å²) < 4.78 is 5.41. The molecule has 0 aromatic rings. The lowest BCUT2D eigenvalue weighted by Gasteiger charge is -2.38. The van der Waals surface area contributed by atoms with Gasteiger partial charge in [0.15, 0.2) is 0 Å². The van der Waals surface area contributed by atoms with Gasteiger partial charge in [-0.2, -0.15) is 0 Å². The van der Waals surface area contributed by atoms with Crippen molar-refractivity contribution in [3.63, 3.8) is 0 Å². The molecule has 1 fully saturated rings. The van der Waals surface area contributed by atoms with Crippen LogP contribution in [0.15, 0.2) is 0 Å². The molecule has 21 heavy (non-hydrogen) atoms. The Hall–Kier alpha value is -1.47. The van der Waals surface area contributed by atoms with E-state index in [1.165, 1.54) is 0 Å².